The summed E-state index contributed by atoms with van der Waals surface area (Å²) < 4.78 is 10.8. The summed E-state index contributed by atoms with van der Waals surface area (Å²) in [7, 11) is 1.51. The number of ether oxygens (including phenoxy) is 2. The number of rotatable bonds is 7. The molecule has 0 spiro atoms. The molecule has 2 heterocycles. The molecule has 2 amide bonds. The van der Waals surface area contributed by atoms with Crippen molar-refractivity contribution < 1.29 is 19.1 Å². The normalized spacial score (nSPS) is 14.7. The largest absolute Gasteiger partial charge is 0.490 e. The fourth-order valence-corrected chi connectivity index (χ4v) is 2.97. The second kappa shape index (κ2) is 9.18. The smallest absolute Gasteiger partial charge is 0.340 e. The maximum Gasteiger partial charge on any atom is 0.340 e. The van der Waals surface area contributed by atoms with Crippen molar-refractivity contribution in [2.45, 2.75) is 25.5 Å². The Bertz CT molecular complexity index is 852. The number of methoxy groups -OCH3 is 1. The molecule has 3 rings (SSSR count). The molecule has 1 fully saturated rings. The maximum atomic E-state index is 12.1. The summed E-state index contributed by atoms with van der Waals surface area (Å²) in [4.78, 5) is 39.2. The summed E-state index contributed by atoms with van der Waals surface area (Å²) >= 11 is 0. The minimum atomic E-state index is -0.417. The molecular weight excluding hydrogens is 366 g/mol. The number of carbonyl (C=O) groups is 2. The lowest BCUT2D eigenvalue weighted by atomic mass is 10.1. The van der Waals surface area contributed by atoms with Crippen molar-refractivity contribution in [3.63, 3.8) is 0 Å². The molecular formula is C18H23N5O5. The second-order valence-corrected chi connectivity index (χ2v) is 6.46. The molecule has 10 heteroatoms. The fourth-order valence-electron chi connectivity index (χ4n) is 2.97. The van der Waals surface area contributed by atoms with Crippen LogP contribution in [0.1, 0.15) is 29.0 Å². The zero-order valence-electron chi connectivity index (χ0n) is 15.6. The molecule has 0 radical (unpaired) electrons. The van der Waals surface area contributed by atoms with E-state index in [2.05, 4.69) is 20.5 Å². The van der Waals surface area contributed by atoms with Crippen LogP contribution in [0.4, 0.5) is 0 Å². The molecule has 1 aromatic carbocycles. The van der Waals surface area contributed by atoms with Crippen LogP contribution >= 0.6 is 0 Å². The first-order chi connectivity index (χ1) is 13.5. The zero-order valence-corrected chi connectivity index (χ0v) is 15.6. The highest BCUT2D eigenvalue weighted by atomic mass is 16.5. The van der Waals surface area contributed by atoms with Crippen LogP contribution in [0.2, 0.25) is 0 Å². The summed E-state index contributed by atoms with van der Waals surface area (Å²) in [5.74, 6) is 0.749. The lowest BCUT2D eigenvalue weighted by Crippen LogP contribution is -2.43. The Balaban J connectivity index is 1.46. The van der Waals surface area contributed by atoms with E-state index in [1.54, 1.807) is 29.2 Å². The van der Waals surface area contributed by atoms with Gasteiger partial charge in [0.25, 0.3) is 5.91 Å². The second-order valence-electron chi connectivity index (χ2n) is 6.46. The Morgan fingerprint density at radius 1 is 1.25 bits per heavy atom. The zero-order chi connectivity index (χ0) is 19.9. The number of piperidine rings is 1. The van der Waals surface area contributed by atoms with Crippen LogP contribution in [-0.4, -0.2) is 64.8 Å². The molecule has 0 atom stereocenters. The molecule has 10 nitrogen and oxygen atoms in total. The summed E-state index contributed by atoms with van der Waals surface area (Å²) in [5, 5.41) is 8.64. The molecule has 0 bridgehead atoms. The van der Waals surface area contributed by atoms with Crippen LogP contribution in [0.3, 0.4) is 0 Å². The van der Waals surface area contributed by atoms with Gasteiger partial charge in [-0.15, -0.1) is 0 Å². The van der Waals surface area contributed by atoms with Gasteiger partial charge in [0.1, 0.15) is 24.3 Å². The van der Waals surface area contributed by atoms with E-state index in [0.717, 1.165) is 12.8 Å². The average Bonchev–Trinajstić information content (AvgIpc) is 3.13. The van der Waals surface area contributed by atoms with Crippen LogP contribution in [0.5, 0.6) is 5.75 Å². The van der Waals surface area contributed by atoms with Gasteiger partial charge in [0, 0.05) is 38.6 Å². The Kier molecular flexibility index (Phi) is 6.43. The first kappa shape index (κ1) is 19.6. The SMILES string of the molecule is COCC(=O)N1CCC(Oc2ccc(C(=O)NCc3n[nH]c(=O)[nH]3)cc2)CC1. The minimum Gasteiger partial charge on any atom is -0.490 e. The van der Waals surface area contributed by atoms with E-state index >= 15 is 0 Å². The highest BCUT2D eigenvalue weighted by Gasteiger charge is 2.23. The van der Waals surface area contributed by atoms with Gasteiger partial charge in [-0.25, -0.2) is 9.89 Å². The number of likely N-dealkylation sites (tertiary alicyclic amines) is 1. The van der Waals surface area contributed by atoms with Crippen LogP contribution in [0.25, 0.3) is 0 Å². The average molecular weight is 389 g/mol. The van der Waals surface area contributed by atoms with Gasteiger partial charge in [0.05, 0.1) is 6.54 Å². The van der Waals surface area contributed by atoms with Gasteiger partial charge in [0.2, 0.25) is 5.91 Å². The molecule has 2 aromatic rings. The number of nitrogens with zero attached hydrogens (tertiary/aromatic N) is 2. The highest BCUT2D eigenvalue weighted by molar-refractivity contribution is 5.94. The first-order valence-electron chi connectivity index (χ1n) is 9.00. The van der Waals surface area contributed by atoms with E-state index in [-0.39, 0.29) is 31.1 Å². The molecule has 0 aliphatic carbocycles. The highest BCUT2D eigenvalue weighted by Crippen LogP contribution is 2.20. The van der Waals surface area contributed by atoms with Crippen molar-refractivity contribution in [3.8, 4) is 5.75 Å². The topological polar surface area (TPSA) is 129 Å². The predicted octanol–water partition coefficient (Wildman–Crippen LogP) is 0.0442. The van der Waals surface area contributed by atoms with Crippen molar-refractivity contribution >= 4 is 11.8 Å². The predicted molar refractivity (Wildman–Crippen MR) is 98.9 cm³/mol. The molecule has 0 saturated carbocycles. The van der Waals surface area contributed by atoms with Gasteiger partial charge in [-0.3, -0.25) is 14.6 Å². The standard InChI is InChI=1S/C18H23N5O5/c1-27-11-16(24)23-8-6-14(7-9-23)28-13-4-2-12(3-5-13)17(25)19-10-15-20-18(26)22-21-15/h2-5,14H,6-11H2,1H3,(H,19,25)(H2,20,21,22,26). The Morgan fingerprint density at radius 2 is 1.96 bits per heavy atom. The number of amides is 2. The molecule has 1 aliphatic rings. The van der Waals surface area contributed by atoms with E-state index < -0.39 is 5.69 Å². The number of benzene rings is 1. The number of H-pyrrole nitrogens is 2. The van der Waals surface area contributed by atoms with Crippen molar-refractivity contribution in [1.82, 2.24) is 25.4 Å². The van der Waals surface area contributed by atoms with Gasteiger partial charge >= 0.3 is 5.69 Å². The van der Waals surface area contributed by atoms with Crippen molar-refractivity contribution in [1.29, 1.82) is 0 Å². The van der Waals surface area contributed by atoms with Gasteiger partial charge in [-0.2, -0.15) is 5.10 Å². The van der Waals surface area contributed by atoms with Gasteiger partial charge in [-0.05, 0) is 24.3 Å². The number of hydrogen-bond acceptors (Lipinski definition) is 6. The number of carbonyl (C=O) groups excluding carboxylic acids is 2. The summed E-state index contributed by atoms with van der Waals surface area (Å²) in [6.07, 6.45) is 1.53. The maximum absolute atomic E-state index is 12.1. The molecule has 1 aliphatic heterocycles. The Hall–Kier alpha value is -3.14. The first-order valence-corrected chi connectivity index (χ1v) is 9.00. The Labute approximate surface area is 161 Å². The molecule has 28 heavy (non-hydrogen) atoms. The van der Waals surface area contributed by atoms with E-state index in [1.807, 2.05) is 0 Å². The number of aromatic amines is 2. The third-order valence-electron chi connectivity index (χ3n) is 4.45. The third kappa shape index (κ3) is 5.19. The minimum absolute atomic E-state index is 0.00442. The molecule has 1 saturated heterocycles. The third-order valence-corrected chi connectivity index (χ3v) is 4.45. The molecule has 150 valence electrons. The lowest BCUT2D eigenvalue weighted by molar-refractivity contribution is -0.136. The van der Waals surface area contributed by atoms with Crippen molar-refractivity contribution in [2.24, 2.45) is 0 Å². The van der Waals surface area contributed by atoms with Crippen LogP contribution in [0.15, 0.2) is 29.1 Å². The fraction of sp³-hybridized carbons (Fsp3) is 0.444. The number of aromatic nitrogens is 3. The van der Waals surface area contributed by atoms with Gasteiger partial charge in [-0.1, -0.05) is 0 Å². The molecule has 0 unspecified atom stereocenters. The summed E-state index contributed by atoms with van der Waals surface area (Å²) in [6, 6.07) is 6.84. The van der Waals surface area contributed by atoms with E-state index in [9.17, 15) is 14.4 Å². The van der Waals surface area contributed by atoms with Crippen LogP contribution in [-0.2, 0) is 16.1 Å². The number of hydrogen-bond donors (Lipinski definition) is 3. The van der Waals surface area contributed by atoms with E-state index in [0.29, 0.717) is 30.2 Å². The monoisotopic (exact) mass is 389 g/mol. The Morgan fingerprint density at radius 3 is 2.57 bits per heavy atom. The van der Waals surface area contributed by atoms with Crippen molar-refractivity contribution in [3.05, 3.63) is 46.1 Å². The molecule has 3 N–H and O–H groups in total. The lowest BCUT2D eigenvalue weighted by Gasteiger charge is -2.32. The van der Waals surface area contributed by atoms with Crippen LogP contribution in [0, 0.1) is 0 Å². The van der Waals surface area contributed by atoms with Crippen molar-refractivity contribution in [2.75, 3.05) is 26.8 Å². The van der Waals surface area contributed by atoms with Crippen LogP contribution < -0.4 is 15.7 Å². The summed E-state index contributed by atoms with van der Waals surface area (Å²) in [6.45, 7) is 1.51. The molecule has 1 aromatic heterocycles. The van der Waals surface area contributed by atoms with Gasteiger partial charge < -0.3 is 19.7 Å². The van der Waals surface area contributed by atoms with Gasteiger partial charge in [0.15, 0.2) is 0 Å². The van der Waals surface area contributed by atoms with E-state index in [1.165, 1.54) is 7.11 Å². The number of nitrogens with one attached hydrogen (secondary N) is 3. The summed E-state index contributed by atoms with van der Waals surface area (Å²) in [5.41, 5.74) is 0.0601. The quantitative estimate of drug-likeness (QED) is 0.613. The van der Waals surface area contributed by atoms with E-state index in [4.69, 9.17) is 9.47 Å².